The van der Waals surface area contributed by atoms with Gasteiger partial charge < -0.3 is 9.52 Å². The topological polar surface area (TPSA) is 50.4 Å². The SMILES string of the molecule is CCCCc1ccc(CCCCCCCC(=O)O)o1. The molecule has 1 N–H and O–H groups in total. The Hall–Kier alpha value is -1.25. The first-order valence-corrected chi connectivity index (χ1v) is 7.51. The highest BCUT2D eigenvalue weighted by Crippen LogP contribution is 2.14. The molecule has 0 aromatic carbocycles. The van der Waals surface area contributed by atoms with E-state index in [2.05, 4.69) is 19.1 Å². The maximum Gasteiger partial charge on any atom is 0.303 e. The van der Waals surface area contributed by atoms with Gasteiger partial charge in [0, 0.05) is 19.3 Å². The van der Waals surface area contributed by atoms with Crippen LogP contribution in [0.2, 0.25) is 0 Å². The number of unbranched alkanes of at least 4 members (excludes halogenated alkanes) is 5. The predicted octanol–water partition coefficient (Wildman–Crippen LogP) is 4.59. The van der Waals surface area contributed by atoms with E-state index in [1.807, 2.05) is 0 Å². The molecule has 1 aromatic heterocycles. The average Bonchev–Trinajstić information content (AvgIpc) is 2.83. The zero-order chi connectivity index (χ0) is 13.9. The van der Waals surface area contributed by atoms with Gasteiger partial charge in [0.15, 0.2) is 0 Å². The Balaban J connectivity index is 2.02. The first-order valence-electron chi connectivity index (χ1n) is 7.51. The number of carboxylic acids is 1. The predicted molar refractivity (Wildman–Crippen MR) is 76.4 cm³/mol. The molecular formula is C16H26O3. The van der Waals surface area contributed by atoms with Crippen LogP contribution in [0.1, 0.15) is 69.8 Å². The number of aryl methyl sites for hydroxylation is 2. The van der Waals surface area contributed by atoms with Crippen LogP contribution >= 0.6 is 0 Å². The summed E-state index contributed by atoms with van der Waals surface area (Å²) in [5.74, 6) is 1.52. The molecule has 0 bridgehead atoms. The van der Waals surface area contributed by atoms with Gasteiger partial charge in [-0.25, -0.2) is 0 Å². The molecule has 1 heterocycles. The Bertz CT molecular complexity index is 355. The van der Waals surface area contributed by atoms with E-state index in [0.717, 1.165) is 56.5 Å². The molecule has 19 heavy (non-hydrogen) atoms. The van der Waals surface area contributed by atoms with Crippen molar-refractivity contribution in [2.75, 3.05) is 0 Å². The number of furan rings is 1. The second-order valence-corrected chi connectivity index (χ2v) is 5.13. The third-order valence-corrected chi connectivity index (χ3v) is 3.31. The lowest BCUT2D eigenvalue weighted by atomic mass is 10.1. The number of rotatable bonds is 11. The summed E-state index contributed by atoms with van der Waals surface area (Å²) in [6, 6.07) is 4.19. The minimum Gasteiger partial charge on any atom is -0.481 e. The number of aliphatic carboxylic acids is 1. The highest BCUT2D eigenvalue weighted by atomic mass is 16.4. The minimum atomic E-state index is -0.685. The molecule has 0 unspecified atom stereocenters. The van der Waals surface area contributed by atoms with Crippen LogP contribution in [0.4, 0.5) is 0 Å². The molecule has 0 aliphatic heterocycles. The Morgan fingerprint density at radius 3 is 2.21 bits per heavy atom. The van der Waals surface area contributed by atoms with Crippen molar-refractivity contribution in [2.45, 2.75) is 71.1 Å². The first-order chi connectivity index (χ1) is 9.22. The highest BCUT2D eigenvalue weighted by Gasteiger charge is 2.02. The molecule has 108 valence electrons. The zero-order valence-corrected chi connectivity index (χ0v) is 12.0. The molecule has 0 aliphatic carbocycles. The van der Waals surface area contributed by atoms with Gasteiger partial charge >= 0.3 is 5.97 Å². The number of hydrogen-bond donors (Lipinski definition) is 1. The van der Waals surface area contributed by atoms with E-state index in [0.29, 0.717) is 6.42 Å². The highest BCUT2D eigenvalue weighted by molar-refractivity contribution is 5.66. The lowest BCUT2D eigenvalue weighted by Gasteiger charge is -1.99. The van der Waals surface area contributed by atoms with Crippen LogP contribution in [0.15, 0.2) is 16.5 Å². The van der Waals surface area contributed by atoms with Gasteiger partial charge in [0.1, 0.15) is 11.5 Å². The Kier molecular flexibility index (Phi) is 8.03. The molecule has 0 spiro atoms. The van der Waals surface area contributed by atoms with Gasteiger partial charge in [-0.3, -0.25) is 4.79 Å². The summed E-state index contributed by atoms with van der Waals surface area (Å²) in [7, 11) is 0. The van der Waals surface area contributed by atoms with E-state index in [4.69, 9.17) is 9.52 Å². The summed E-state index contributed by atoms with van der Waals surface area (Å²) in [6.07, 6.45) is 9.98. The van der Waals surface area contributed by atoms with Crippen molar-refractivity contribution >= 4 is 5.97 Å². The van der Waals surface area contributed by atoms with E-state index in [1.165, 1.54) is 12.8 Å². The van der Waals surface area contributed by atoms with Gasteiger partial charge in [-0.1, -0.05) is 32.6 Å². The van der Waals surface area contributed by atoms with Crippen LogP contribution in [0.25, 0.3) is 0 Å². The molecule has 0 aliphatic rings. The Labute approximate surface area is 116 Å². The van der Waals surface area contributed by atoms with Crippen molar-refractivity contribution in [3.8, 4) is 0 Å². The van der Waals surface area contributed by atoms with Crippen LogP contribution in [0, 0.1) is 0 Å². The van der Waals surface area contributed by atoms with E-state index < -0.39 is 5.97 Å². The fourth-order valence-corrected chi connectivity index (χ4v) is 2.15. The van der Waals surface area contributed by atoms with Crippen molar-refractivity contribution in [1.29, 1.82) is 0 Å². The molecular weight excluding hydrogens is 240 g/mol. The van der Waals surface area contributed by atoms with Gasteiger partial charge in [0.25, 0.3) is 0 Å². The second-order valence-electron chi connectivity index (χ2n) is 5.13. The van der Waals surface area contributed by atoms with Gasteiger partial charge in [-0.2, -0.15) is 0 Å². The molecule has 1 aromatic rings. The van der Waals surface area contributed by atoms with Crippen molar-refractivity contribution in [2.24, 2.45) is 0 Å². The number of hydrogen-bond acceptors (Lipinski definition) is 2. The van der Waals surface area contributed by atoms with Crippen molar-refractivity contribution < 1.29 is 14.3 Å². The Morgan fingerprint density at radius 2 is 1.58 bits per heavy atom. The van der Waals surface area contributed by atoms with Gasteiger partial charge in [0.05, 0.1) is 0 Å². The molecule has 0 saturated heterocycles. The third-order valence-electron chi connectivity index (χ3n) is 3.31. The standard InChI is InChI=1S/C16H26O3/c1-2-3-9-14-12-13-15(19-14)10-7-5-4-6-8-11-16(17)18/h12-13H,2-11H2,1H3,(H,17,18). The third kappa shape index (κ3) is 7.70. The van der Waals surface area contributed by atoms with Gasteiger partial charge in [0.2, 0.25) is 0 Å². The van der Waals surface area contributed by atoms with Crippen LogP contribution in [-0.4, -0.2) is 11.1 Å². The monoisotopic (exact) mass is 266 g/mol. The summed E-state index contributed by atoms with van der Waals surface area (Å²) in [5, 5.41) is 8.52. The van der Waals surface area contributed by atoms with E-state index in [-0.39, 0.29) is 0 Å². The lowest BCUT2D eigenvalue weighted by Crippen LogP contribution is -1.93. The van der Waals surface area contributed by atoms with E-state index in [1.54, 1.807) is 0 Å². The second kappa shape index (κ2) is 9.65. The van der Waals surface area contributed by atoms with Crippen molar-refractivity contribution in [1.82, 2.24) is 0 Å². The normalized spacial score (nSPS) is 10.8. The smallest absolute Gasteiger partial charge is 0.303 e. The van der Waals surface area contributed by atoms with E-state index in [9.17, 15) is 4.79 Å². The van der Waals surface area contributed by atoms with Crippen molar-refractivity contribution in [3.63, 3.8) is 0 Å². The van der Waals surface area contributed by atoms with Gasteiger partial charge in [-0.05, 0) is 31.4 Å². The molecule has 0 fully saturated rings. The fourth-order valence-electron chi connectivity index (χ4n) is 2.15. The average molecular weight is 266 g/mol. The zero-order valence-electron chi connectivity index (χ0n) is 12.0. The van der Waals surface area contributed by atoms with Gasteiger partial charge in [-0.15, -0.1) is 0 Å². The summed E-state index contributed by atoms with van der Waals surface area (Å²) < 4.78 is 5.77. The molecule has 1 rings (SSSR count). The quantitative estimate of drug-likeness (QED) is 0.596. The number of carboxylic acid groups (broad SMARTS) is 1. The largest absolute Gasteiger partial charge is 0.481 e. The maximum atomic E-state index is 10.3. The number of carbonyl (C=O) groups is 1. The molecule has 0 amide bonds. The molecule has 0 saturated carbocycles. The Morgan fingerprint density at radius 1 is 1.00 bits per heavy atom. The minimum absolute atomic E-state index is 0.305. The van der Waals surface area contributed by atoms with Crippen LogP contribution in [-0.2, 0) is 17.6 Å². The molecule has 3 heteroatoms. The summed E-state index contributed by atoms with van der Waals surface area (Å²) in [4.78, 5) is 10.3. The summed E-state index contributed by atoms with van der Waals surface area (Å²) in [6.45, 7) is 2.19. The van der Waals surface area contributed by atoms with Crippen molar-refractivity contribution in [3.05, 3.63) is 23.7 Å². The summed E-state index contributed by atoms with van der Waals surface area (Å²) in [5.41, 5.74) is 0. The molecule has 0 radical (unpaired) electrons. The molecule has 3 nitrogen and oxygen atoms in total. The van der Waals surface area contributed by atoms with Crippen LogP contribution < -0.4 is 0 Å². The lowest BCUT2D eigenvalue weighted by molar-refractivity contribution is -0.137. The fraction of sp³-hybridized carbons (Fsp3) is 0.688. The maximum absolute atomic E-state index is 10.3. The summed E-state index contributed by atoms with van der Waals surface area (Å²) >= 11 is 0. The molecule has 0 atom stereocenters. The first kappa shape index (κ1) is 15.8. The van der Waals surface area contributed by atoms with E-state index >= 15 is 0 Å². The van der Waals surface area contributed by atoms with Crippen LogP contribution in [0.5, 0.6) is 0 Å². The van der Waals surface area contributed by atoms with Crippen LogP contribution in [0.3, 0.4) is 0 Å².